The van der Waals surface area contributed by atoms with E-state index in [4.69, 9.17) is 21.1 Å². The van der Waals surface area contributed by atoms with E-state index in [1.165, 1.54) is 6.42 Å². The first kappa shape index (κ1) is 17.2. The Morgan fingerprint density at radius 3 is 2.50 bits per heavy atom. The van der Waals surface area contributed by atoms with E-state index in [9.17, 15) is 4.79 Å². The van der Waals surface area contributed by atoms with Gasteiger partial charge in [-0.05, 0) is 49.6 Å². The monoisotopic (exact) mass is 372 g/mol. The van der Waals surface area contributed by atoms with Gasteiger partial charge in [-0.25, -0.2) is 0 Å². The molecule has 6 heteroatoms. The molecule has 0 N–H and O–H groups in total. The molecular weight excluding hydrogens is 352 g/mol. The van der Waals surface area contributed by atoms with Gasteiger partial charge >= 0.3 is 0 Å². The average Bonchev–Trinajstić information content (AvgIpc) is 3.07. The van der Waals surface area contributed by atoms with Crippen LogP contribution in [-0.2, 0) is 0 Å². The number of benzene rings is 1. The van der Waals surface area contributed by atoms with E-state index in [2.05, 4.69) is 4.98 Å². The smallest absolute Gasteiger partial charge is 0.255 e. The summed E-state index contributed by atoms with van der Waals surface area (Å²) in [5.41, 5.74) is 0.511. The molecule has 0 radical (unpaired) electrons. The van der Waals surface area contributed by atoms with Gasteiger partial charge in [-0.3, -0.25) is 9.78 Å². The molecule has 136 valence electrons. The summed E-state index contributed by atoms with van der Waals surface area (Å²) in [5.74, 6) is 1.44. The number of hydrogen-bond donors (Lipinski definition) is 0. The summed E-state index contributed by atoms with van der Waals surface area (Å²) in [5, 5.41) is 0.435. The second-order valence-electron chi connectivity index (χ2n) is 6.78. The van der Waals surface area contributed by atoms with E-state index in [0.717, 1.165) is 30.8 Å². The maximum Gasteiger partial charge on any atom is 0.255 e. The van der Waals surface area contributed by atoms with Crippen molar-refractivity contribution in [2.75, 3.05) is 13.1 Å². The first-order valence-corrected chi connectivity index (χ1v) is 9.39. The number of aromatic nitrogens is 1. The molecule has 26 heavy (non-hydrogen) atoms. The second kappa shape index (κ2) is 7.54. The highest BCUT2D eigenvalue weighted by molar-refractivity contribution is 6.34. The van der Waals surface area contributed by atoms with Crippen LogP contribution in [0.25, 0.3) is 0 Å². The molecule has 2 aliphatic rings. The van der Waals surface area contributed by atoms with Gasteiger partial charge in [-0.2, -0.15) is 0 Å². The fourth-order valence-corrected chi connectivity index (χ4v) is 3.46. The van der Waals surface area contributed by atoms with E-state index < -0.39 is 0 Å². The van der Waals surface area contributed by atoms with Gasteiger partial charge in [0.25, 0.3) is 5.91 Å². The predicted octanol–water partition coefficient (Wildman–Crippen LogP) is 3.96. The van der Waals surface area contributed by atoms with Crippen molar-refractivity contribution in [3.05, 3.63) is 53.3 Å². The Labute approximate surface area is 157 Å². The average molecular weight is 373 g/mol. The zero-order chi connectivity index (χ0) is 17.9. The summed E-state index contributed by atoms with van der Waals surface area (Å²) >= 11 is 6.35. The van der Waals surface area contributed by atoms with Gasteiger partial charge in [-0.15, -0.1) is 0 Å². The van der Waals surface area contributed by atoms with Gasteiger partial charge < -0.3 is 14.4 Å². The standard InChI is InChI=1S/C20H21ClN2O3/c21-19-12-16(25-14-2-1-3-14)4-5-18(19)20(24)23-11-8-17(13-23)26-15-6-9-22-10-7-15/h4-7,9-10,12,14,17H,1-3,8,11,13H2/t17-/m1/s1. The number of likely N-dealkylation sites (tertiary alicyclic amines) is 1. The first-order chi connectivity index (χ1) is 12.7. The van der Waals surface area contributed by atoms with Gasteiger partial charge in [0.1, 0.15) is 17.6 Å². The highest BCUT2D eigenvalue weighted by atomic mass is 35.5. The van der Waals surface area contributed by atoms with Crippen LogP contribution >= 0.6 is 11.6 Å². The van der Waals surface area contributed by atoms with E-state index in [1.807, 2.05) is 18.2 Å². The predicted molar refractivity (Wildman–Crippen MR) is 98.9 cm³/mol. The molecule has 1 aromatic carbocycles. The molecule has 1 aromatic heterocycles. The molecule has 1 saturated heterocycles. The number of nitrogens with zero attached hydrogens (tertiary/aromatic N) is 2. The van der Waals surface area contributed by atoms with Crippen molar-refractivity contribution in [3.8, 4) is 11.5 Å². The quantitative estimate of drug-likeness (QED) is 0.797. The Kier molecular flexibility index (Phi) is 4.98. The molecule has 2 heterocycles. The number of hydrogen-bond acceptors (Lipinski definition) is 4. The summed E-state index contributed by atoms with van der Waals surface area (Å²) in [6, 6.07) is 8.98. The molecule has 1 aliphatic carbocycles. The lowest BCUT2D eigenvalue weighted by molar-refractivity contribution is 0.0772. The van der Waals surface area contributed by atoms with Crippen LogP contribution in [0.1, 0.15) is 36.0 Å². The molecule has 0 unspecified atom stereocenters. The topological polar surface area (TPSA) is 51.7 Å². The van der Waals surface area contributed by atoms with Crippen LogP contribution in [0, 0.1) is 0 Å². The summed E-state index contributed by atoms with van der Waals surface area (Å²) in [6.45, 7) is 1.21. The number of carbonyl (C=O) groups excluding carboxylic acids is 1. The van der Waals surface area contributed by atoms with Crippen molar-refractivity contribution in [2.24, 2.45) is 0 Å². The van der Waals surface area contributed by atoms with Crippen LogP contribution in [0.3, 0.4) is 0 Å². The van der Waals surface area contributed by atoms with Crippen molar-refractivity contribution in [1.29, 1.82) is 0 Å². The Balaban J connectivity index is 1.38. The fourth-order valence-electron chi connectivity index (χ4n) is 3.21. The summed E-state index contributed by atoms with van der Waals surface area (Å²) in [6.07, 6.45) is 7.86. The molecule has 1 aliphatic heterocycles. The molecule has 0 bridgehead atoms. The Hall–Kier alpha value is -2.27. The van der Waals surface area contributed by atoms with E-state index in [1.54, 1.807) is 29.4 Å². The van der Waals surface area contributed by atoms with Crippen molar-refractivity contribution in [1.82, 2.24) is 9.88 Å². The molecule has 2 fully saturated rings. The van der Waals surface area contributed by atoms with Crippen LogP contribution in [0.15, 0.2) is 42.7 Å². The van der Waals surface area contributed by atoms with Gasteiger partial charge in [-0.1, -0.05) is 11.6 Å². The molecule has 1 amide bonds. The zero-order valence-electron chi connectivity index (χ0n) is 14.4. The minimum absolute atomic E-state index is 0.0126. The molecule has 0 spiro atoms. The summed E-state index contributed by atoms with van der Waals surface area (Å²) in [4.78, 5) is 18.6. The van der Waals surface area contributed by atoms with Gasteiger partial charge in [0.05, 0.1) is 23.2 Å². The van der Waals surface area contributed by atoms with Crippen LogP contribution < -0.4 is 9.47 Å². The minimum Gasteiger partial charge on any atom is -0.490 e. The lowest BCUT2D eigenvalue weighted by Gasteiger charge is -2.26. The fraction of sp³-hybridized carbons (Fsp3) is 0.400. The number of halogens is 1. The van der Waals surface area contributed by atoms with Crippen LogP contribution in [0.4, 0.5) is 0 Å². The van der Waals surface area contributed by atoms with Crippen LogP contribution in [0.5, 0.6) is 11.5 Å². The lowest BCUT2D eigenvalue weighted by Crippen LogP contribution is -2.31. The third-order valence-electron chi connectivity index (χ3n) is 4.91. The van der Waals surface area contributed by atoms with Crippen molar-refractivity contribution < 1.29 is 14.3 Å². The first-order valence-electron chi connectivity index (χ1n) is 9.01. The van der Waals surface area contributed by atoms with Gasteiger partial charge in [0, 0.05) is 25.4 Å². The number of ether oxygens (including phenoxy) is 2. The zero-order valence-corrected chi connectivity index (χ0v) is 15.2. The summed E-state index contributed by atoms with van der Waals surface area (Å²) < 4.78 is 11.8. The number of amides is 1. The normalized spacial score (nSPS) is 19.9. The number of rotatable bonds is 5. The third kappa shape index (κ3) is 3.78. The van der Waals surface area contributed by atoms with Crippen LogP contribution in [-0.4, -0.2) is 41.1 Å². The summed E-state index contributed by atoms with van der Waals surface area (Å²) in [7, 11) is 0. The Morgan fingerprint density at radius 1 is 1.04 bits per heavy atom. The maximum absolute atomic E-state index is 12.8. The number of pyridine rings is 1. The highest BCUT2D eigenvalue weighted by Crippen LogP contribution is 2.29. The van der Waals surface area contributed by atoms with E-state index in [-0.39, 0.29) is 18.1 Å². The Morgan fingerprint density at radius 2 is 1.81 bits per heavy atom. The van der Waals surface area contributed by atoms with Crippen molar-refractivity contribution in [3.63, 3.8) is 0 Å². The SMILES string of the molecule is O=C(c1ccc(OC2CCC2)cc1Cl)N1CC[C@@H](Oc2ccncc2)C1. The minimum atomic E-state index is -0.0639. The molecule has 5 nitrogen and oxygen atoms in total. The maximum atomic E-state index is 12.8. The van der Waals surface area contributed by atoms with Crippen molar-refractivity contribution in [2.45, 2.75) is 37.9 Å². The highest BCUT2D eigenvalue weighted by Gasteiger charge is 2.29. The molecule has 1 saturated carbocycles. The molecular formula is C20H21ClN2O3. The van der Waals surface area contributed by atoms with Gasteiger partial charge in [0.2, 0.25) is 0 Å². The largest absolute Gasteiger partial charge is 0.490 e. The molecule has 4 rings (SSSR count). The van der Waals surface area contributed by atoms with Crippen molar-refractivity contribution >= 4 is 17.5 Å². The molecule has 1 atom stereocenters. The lowest BCUT2D eigenvalue weighted by atomic mass is 9.96. The third-order valence-corrected chi connectivity index (χ3v) is 5.22. The van der Waals surface area contributed by atoms with Crippen LogP contribution in [0.2, 0.25) is 5.02 Å². The van der Waals surface area contributed by atoms with E-state index >= 15 is 0 Å². The number of carbonyl (C=O) groups is 1. The van der Waals surface area contributed by atoms with Gasteiger partial charge in [0.15, 0.2) is 0 Å². The Bertz CT molecular complexity index is 780. The molecule has 2 aromatic rings. The van der Waals surface area contributed by atoms with E-state index in [0.29, 0.717) is 23.7 Å². The second-order valence-corrected chi connectivity index (χ2v) is 7.18.